The first-order valence-electron chi connectivity index (χ1n) is 8.55. The van der Waals surface area contributed by atoms with E-state index in [1.54, 1.807) is 12.4 Å². The number of hydrogen-bond donors (Lipinski definition) is 0. The van der Waals surface area contributed by atoms with Crippen LogP contribution in [0.2, 0.25) is 0 Å². The number of rotatable bonds is 8. The van der Waals surface area contributed by atoms with Crippen LogP contribution >= 0.6 is 0 Å². The van der Waals surface area contributed by atoms with Gasteiger partial charge in [-0.3, -0.25) is 4.98 Å². The minimum Gasteiger partial charge on any atom is -0.490 e. The molecule has 0 saturated carbocycles. The molecule has 0 fully saturated rings. The molecule has 5 nitrogen and oxygen atoms in total. The van der Waals surface area contributed by atoms with E-state index in [9.17, 15) is 0 Å². The Morgan fingerprint density at radius 3 is 2.58 bits per heavy atom. The van der Waals surface area contributed by atoms with Crippen molar-refractivity contribution >= 4 is 5.71 Å². The van der Waals surface area contributed by atoms with Crippen LogP contribution < -0.4 is 9.47 Å². The zero-order valence-corrected chi connectivity index (χ0v) is 16.1. The van der Waals surface area contributed by atoms with Crippen molar-refractivity contribution in [2.45, 2.75) is 34.3 Å². The normalized spacial score (nSPS) is 11.7. The summed E-state index contributed by atoms with van der Waals surface area (Å²) in [6, 6.07) is 5.93. The SMILES string of the molecule is C/C=C/COc1cc(C)c(OCc2ccncc2C(C)=NOC)c(C)c1. The van der Waals surface area contributed by atoms with Gasteiger partial charge in [0.05, 0.1) is 5.71 Å². The maximum atomic E-state index is 6.11. The lowest BCUT2D eigenvalue weighted by atomic mass is 10.1. The summed E-state index contributed by atoms with van der Waals surface area (Å²) in [5.74, 6) is 1.71. The number of pyridine rings is 1. The van der Waals surface area contributed by atoms with Gasteiger partial charge >= 0.3 is 0 Å². The van der Waals surface area contributed by atoms with Gasteiger partial charge < -0.3 is 14.3 Å². The van der Waals surface area contributed by atoms with Crippen LogP contribution in [0.3, 0.4) is 0 Å². The molecule has 0 saturated heterocycles. The minimum absolute atomic E-state index is 0.425. The Hall–Kier alpha value is -2.82. The molecule has 1 heterocycles. The molecule has 0 bridgehead atoms. The zero-order valence-electron chi connectivity index (χ0n) is 16.1. The molecule has 2 rings (SSSR count). The highest BCUT2D eigenvalue weighted by molar-refractivity contribution is 5.99. The number of aromatic nitrogens is 1. The summed E-state index contributed by atoms with van der Waals surface area (Å²) in [5, 5.41) is 3.99. The van der Waals surface area contributed by atoms with Crippen LogP contribution in [-0.4, -0.2) is 24.4 Å². The molecule has 138 valence electrons. The molecule has 0 aliphatic rings. The monoisotopic (exact) mass is 354 g/mol. The highest BCUT2D eigenvalue weighted by atomic mass is 16.6. The van der Waals surface area contributed by atoms with Crippen LogP contribution in [0.4, 0.5) is 0 Å². The van der Waals surface area contributed by atoms with Gasteiger partial charge in [0, 0.05) is 23.5 Å². The number of oxime groups is 1. The molecule has 1 aromatic carbocycles. The fraction of sp³-hybridized carbons (Fsp3) is 0.333. The number of allylic oxidation sites excluding steroid dienone is 1. The molecule has 2 aromatic rings. The standard InChI is InChI=1S/C21H26N2O3/c1-6-7-10-25-19-11-15(2)21(16(3)12-19)26-14-18-8-9-22-13-20(18)17(4)23-24-5/h6-9,11-13H,10,14H2,1-5H3/b7-6+,23-17?. The predicted octanol–water partition coefficient (Wildman–Crippen LogP) is 4.60. The molecule has 0 aliphatic heterocycles. The summed E-state index contributed by atoms with van der Waals surface area (Å²) >= 11 is 0. The van der Waals surface area contributed by atoms with Gasteiger partial charge in [-0.2, -0.15) is 0 Å². The van der Waals surface area contributed by atoms with Crippen molar-refractivity contribution in [1.82, 2.24) is 4.98 Å². The van der Waals surface area contributed by atoms with E-state index in [-0.39, 0.29) is 0 Å². The summed E-state index contributed by atoms with van der Waals surface area (Å²) in [6.07, 6.45) is 7.47. The van der Waals surface area contributed by atoms with Crippen molar-refractivity contribution in [2.75, 3.05) is 13.7 Å². The van der Waals surface area contributed by atoms with Crippen LogP contribution in [0, 0.1) is 13.8 Å². The first kappa shape index (κ1) is 19.5. The second kappa shape index (κ2) is 9.61. The third kappa shape index (κ3) is 5.09. The lowest BCUT2D eigenvalue weighted by Crippen LogP contribution is -2.07. The molecule has 5 heteroatoms. The average Bonchev–Trinajstić information content (AvgIpc) is 2.62. The van der Waals surface area contributed by atoms with Crippen LogP contribution in [0.15, 0.2) is 47.9 Å². The Morgan fingerprint density at radius 2 is 1.92 bits per heavy atom. The number of nitrogens with zero attached hydrogens (tertiary/aromatic N) is 2. The van der Waals surface area contributed by atoms with Crippen LogP contribution in [0.25, 0.3) is 0 Å². The summed E-state index contributed by atoms with van der Waals surface area (Å²) < 4.78 is 11.8. The maximum Gasteiger partial charge on any atom is 0.125 e. The third-order valence-corrected chi connectivity index (χ3v) is 3.92. The lowest BCUT2D eigenvalue weighted by molar-refractivity contribution is 0.213. The highest BCUT2D eigenvalue weighted by Crippen LogP contribution is 2.29. The fourth-order valence-electron chi connectivity index (χ4n) is 2.67. The van der Waals surface area contributed by atoms with Crippen LogP contribution in [0.5, 0.6) is 11.5 Å². The van der Waals surface area contributed by atoms with Gasteiger partial charge in [0.25, 0.3) is 0 Å². The summed E-state index contributed by atoms with van der Waals surface area (Å²) in [5.41, 5.74) is 4.76. The Morgan fingerprint density at radius 1 is 1.19 bits per heavy atom. The lowest BCUT2D eigenvalue weighted by Gasteiger charge is -2.15. The fourth-order valence-corrected chi connectivity index (χ4v) is 2.67. The molecule has 26 heavy (non-hydrogen) atoms. The smallest absolute Gasteiger partial charge is 0.125 e. The minimum atomic E-state index is 0.425. The van der Waals surface area contributed by atoms with E-state index < -0.39 is 0 Å². The first-order chi connectivity index (χ1) is 12.6. The largest absolute Gasteiger partial charge is 0.490 e. The Kier molecular flexibility index (Phi) is 7.21. The topological polar surface area (TPSA) is 52.9 Å². The molecule has 0 spiro atoms. The van der Waals surface area contributed by atoms with Gasteiger partial charge in [-0.1, -0.05) is 17.3 Å². The van der Waals surface area contributed by atoms with E-state index >= 15 is 0 Å². The molecular weight excluding hydrogens is 328 g/mol. The second-order valence-electron chi connectivity index (χ2n) is 5.95. The van der Waals surface area contributed by atoms with Crippen molar-refractivity contribution in [2.24, 2.45) is 5.16 Å². The highest BCUT2D eigenvalue weighted by Gasteiger charge is 2.11. The predicted molar refractivity (Wildman–Crippen MR) is 104 cm³/mol. The van der Waals surface area contributed by atoms with E-state index in [0.717, 1.165) is 39.5 Å². The van der Waals surface area contributed by atoms with Crippen molar-refractivity contribution in [3.63, 3.8) is 0 Å². The van der Waals surface area contributed by atoms with E-state index in [2.05, 4.69) is 10.1 Å². The molecular formula is C21H26N2O3. The first-order valence-corrected chi connectivity index (χ1v) is 8.55. The summed E-state index contributed by atoms with van der Waals surface area (Å²) in [6.45, 7) is 8.90. The molecule has 0 aliphatic carbocycles. The third-order valence-electron chi connectivity index (χ3n) is 3.92. The van der Waals surface area contributed by atoms with Gasteiger partial charge in [0.2, 0.25) is 0 Å². The number of hydrogen-bond acceptors (Lipinski definition) is 5. The molecule has 0 amide bonds. The van der Waals surface area contributed by atoms with Gasteiger partial charge in [0.15, 0.2) is 0 Å². The van der Waals surface area contributed by atoms with Crippen molar-refractivity contribution in [3.8, 4) is 11.5 Å². The van der Waals surface area contributed by atoms with E-state index in [4.69, 9.17) is 14.3 Å². The Labute approximate surface area is 155 Å². The molecule has 0 N–H and O–H groups in total. The van der Waals surface area contributed by atoms with Crippen molar-refractivity contribution in [3.05, 3.63) is 65.0 Å². The van der Waals surface area contributed by atoms with Crippen molar-refractivity contribution in [1.29, 1.82) is 0 Å². The molecule has 1 aromatic heterocycles. The summed E-state index contributed by atoms with van der Waals surface area (Å²) in [7, 11) is 1.53. The Balaban J connectivity index is 2.16. The quantitative estimate of drug-likeness (QED) is 0.395. The second-order valence-corrected chi connectivity index (χ2v) is 5.95. The van der Waals surface area contributed by atoms with Gasteiger partial charge in [-0.25, -0.2) is 0 Å². The number of aryl methyl sites for hydroxylation is 2. The van der Waals surface area contributed by atoms with Gasteiger partial charge in [-0.05, 0) is 57.0 Å². The van der Waals surface area contributed by atoms with E-state index in [1.165, 1.54) is 7.11 Å². The van der Waals surface area contributed by atoms with E-state index in [1.807, 2.05) is 58.0 Å². The van der Waals surface area contributed by atoms with Gasteiger partial charge in [-0.15, -0.1) is 0 Å². The van der Waals surface area contributed by atoms with Crippen LogP contribution in [-0.2, 0) is 11.4 Å². The van der Waals surface area contributed by atoms with Crippen LogP contribution in [0.1, 0.15) is 36.1 Å². The number of ether oxygens (including phenoxy) is 2. The van der Waals surface area contributed by atoms with Gasteiger partial charge in [0.1, 0.15) is 31.8 Å². The molecule has 0 atom stereocenters. The number of benzene rings is 1. The Bertz CT molecular complexity index is 775. The zero-order chi connectivity index (χ0) is 18.9. The molecule has 0 radical (unpaired) electrons. The average molecular weight is 354 g/mol. The maximum absolute atomic E-state index is 6.11. The summed E-state index contributed by atoms with van der Waals surface area (Å²) in [4.78, 5) is 9.04. The molecule has 0 unspecified atom stereocenters. The van der Waals surface area contributed by atoms with E-state index in [0.29, 0.717) is 13.2 Å². The van der Waals surface area contributed by atoms with Crippen molar-refractivity contribution < 1.29 is 14.3 Å².